The first-order valence-corrected chi connectivity index (χ1v) is 46.7. The molecule has 4 aromatic rings. The highest BCUT2D eigenvalue weighted by Crippen LogP contribution is 2.24. The van der Waals surface area contributed by atoms with Crippen LogP contribution in [0.2, 0.25) is 0 Å². The van der Waals surface area contributed by atoms with Crippen LogP contribution in [0.3, 0.4) is 0 Å². The summed E-state index contributed by atoms with van der Waals surface area (Å²) >= 11 is 0. The summed E-state index contributed by atoms with van der Waals surface area (Å²) in [4.78, 5) is 296. The van der Waals surface area contributed by atoms with Crippen LogP contribution >= 0.6 is 0 Å². The Morgan fingerprint density at radius 3 is 1.15 bits per heavy atom. The second-order valence-corrected chi connectivity index (χ2v) is 36.3. The number of carbonyl (C=O) groups excluding carboxylic acids is 16. The Kier molecular flexibility index (Phi) is 48.4. The van der Waals surface area contributed by atoms with Crippen molar-refractivity contribution in [3.63, 3.8) is 0 Å². The number of nitrogens with zero attached hydrogens (tertiary/aromatic N) is 2. The van der Waals surface area contributed by atoms with Crippen molar-refractivity contribution in [2.45, 2.75) is 281 Å². The molecule has 0 bridgehead atoms. The van der Waals surface area contributed by atoms with E-state index in [9.17, 15) is 157 Å². The van der Waals surface area contributed by atoms with Gasteiger partial charge in [0.1, 0.15) is 108 Å². The van der Waals surface area contributed by atoms with Crippen molar-refractivity contribution in [3.8, 4) is 17.2 Å². The van der Waals surface area contributed by atoms with Crippen molar-refractivity contribution in [1.29, 1.82) is 0 Å². The van der Waals surface area contributed by atoms with E-state index < -0.39 is 334 Å². The summed E-state index contributed by atoms with van der Waals surface area (Å²) < 4.78 is 0. The molecule has 3 aromatic carbocycles. The maximum absolute atomic E-state index is 14.9. The number of aliphatic carboxylic acids is 5. The standard InChI is InChI=1S/C93H133N19O32/c1-11-47(8)75(91(141)106-63(36-51-16-22-55(117)23-17-51)84(134)107-67(41-113)88(138)97-48(9)77(127)101-61(33-44(2)3)82(132)100-60(28-31-72(123)124)81(131)104-66(39-73(125)126)87(137)111-76(49(10)115)93(143)144)110-89(139)69-13-12-32-112(69)92(142)68(42-114)108-85(135)64(37-52-18-24-56(118)25-19-52)105-90(140)74(46(6)7)109-86(136)65(38-53-40-95-43-96-53)103-83(133)62(34-45(4)5)102-80(130)59(27-30-71(121)122)99-79(129)58(26-29-70(119)120)98-78(128)57(94)35-50-14-20-54(116)21-15-50/h14-25,40,43-49,57-69,74-76,113-118H,11-13,26-39,41-42,94H2,1-10H3,(H,95,96)(H,97,138)(H,98,128)(H,99,129)(H,100,132)(H,101,127)(H,102,130)(H,103,133)(H,104,131)(H,105,140)(H,106,141)(H,107,134)(H,108,135)(H,109,136)(H,110,139)(H,111,137)(H,119,120)(H,121,122)(H,123,124)(H,125,126)(H,143,144). The molecular weight excluding hydrogens is 1900 g/mol. The van der Waals surface area contributed by atoms with Crippen LogP contribution in [0.4, 0.5) is 0 Å². The number of aromatic hydroxyl groups is 3. The van der Waals surface area contributed by atoms with Gasteiger partial charge in [0.15, 0.2) is 6.04 Å². The quantitative estimate of drug-likeness (QED) is 0.0196. The number of aromatic nitrogens is 2. The van der Waals surface area contributed by atoms with Gasteiger partial charge in [0.25, 0.3) is 0 Å². The van der Waals surface area contributed by atoms with E-state index in [1.165, 1.54) is 99.2 Å². The Balaban J connectivity index is 1.34. The molecule has 5 rings (SSSR count). The van der Waals surface area contributed by atoms with Crippen molar-refractivity contribution in [2.24, 2.45) is 29.4 Å². The van der Waals surface area contributed by atoms with Crippen LogP contribution in [-0.4, -0.2) is 324 Å². The van der Waals surface area contributed by atoms with Crippen LogP contribution < -0.4 is 85.5 Å². The number of benzene rings is 3. The molecule has 51 nitrogen and oxygen atoms in total. The van der Waals surface area contributed by atoms with E-state index >= 15 is 0 Å². The van der Waals surface area contributed by atoms with Crippen LogP contribution in [0.15, 0.2) is 85.3 Å². The zero-order valence-corrected chi connectivity index (χ0v) is 81.2. The van der Waals surface area contributed by atoms with Crippen molar-refractivity contribution in [1.82, 2.24) is 94.6 Å². The molecule has 144 heavy (non-hydrogen) atoms. The van der Waals surface area contributed by atoms with Crippen molar-refractivity contribution < 1.29 is 157 Å². The number of carboxylic acid groups (broad SMARTS) is 5. The Morgan fingerprint density at radius 2 is 0.750 bits per heavy atom. The first-order chi connectivity index (χ1) is 67.7. The third kappa shape index (κ3) is 39.8. The summed E-state index contributed by atoms with van der Waals surface area (Å²) in [5.74, 6) is -28.5. The van der Waals surface area contributed by atoms with Crippen molar-refractivity contribution in [2.75, 3.05) is 19.8 Å². The molecule has 2 heterocycles. The number of aliphatic hydroxyl groups is 3. The van der Waals surface area contributed by atoms with Gasteiger partial charge in [-0.05, 0) is 142 Å². The Bertz CT molecular complexity index is 5100. The minimum Gasteiger partial charge on any atom is -0.508 e. The van der Waals surface area contributed by atoms with Crippen molar-refractivity contribution in [3.05, 3.63) is 108 Å². The highest BCUT2D eigenvalue weighted by molar-refractivity contribution is 6.02. The molecule has 0 spiro atoms. The monoisotopic (exact) mass is 2030 g/mol. The first kappa shape index (κ1) is 119. The lowest BCUT2D eigenvalue weighted by Crippen LogP contribution is -2.62. The number of carbonyl (C=O) groups is 21. The number of carboxylic acids is 5. The van der Waals surface area contributed by atoms with E-state index in [4.69, 9.17) is 5.73 Å². The van der Waals surface area contributed by atoms with Gasteiger partial charge in [0, 0.05) is 51.3 Å². The topological polar surface area (TPSA) is 819 Å². The largest absolute Gasteiger partial charge is 0.508 e. The number of nitrogens with one attached hydrogen (secondary N) is 16. The fourth-order valence-electron chi connectivity index (χ4n) is 15.0. The van der Waals surface area contributed by atoms with Crippen molar-refractivity contribution >= 4 is 124 Å². The number of aromatic amines is 1. The number of aliphatic hydroxyl groups excluding tert-OH is 3. The number of likely N-dealkylation sites (tertiary alicyclic amines) is 1. The Labute approximate surface area is 827 Å². The molecule has 0 aliphatic carbocycles. The Morgan fingerprint density at radius 1 is 0.396 bits per heavy atom. The molecule has 1 fully saturated rings. The van der Waals surface area contributed by atoms with Gasteiger partial charge >= 0.3 is 29.8 Å². The van der Waals surface area contributed by atoms with Gasteiger partial charge in [0.2, 0.25) is 94.5 Å². The number of phenols is 3. The molecule has 0 radical (unpaired) electrons. The minimum atomic E-state index is -2.06. The van der Waals surface area contributed by atoms with Gasteiger partial charge in [-0.2, -0.15) is 0 Å². The fourth-order valence-corrected chi connectivity index (χ4v) is 15.0. The van der Waals surface area contributed by atoms with E-state index in [1.807, 2.05) is 10.6 Å². The van der Waals surface area contributed by atoms with Crippen LogP contribution in [0.25, 0.3) is 0 Å². The molecule has 1 aliphatic heterocycles. The van der Waals surface area contributed by atoms with Gasteiger partial charge < -0.3 is 152 Å². The summed E-state index contributed by atoms with van der Waals surface area (Å²) in [5, 5.41) is 146. The van der Waals surface area contributed by atoms with E-state index in [1.54, 1.807) is 41.5 Å². The van der Waals surface area contributed by atoms with E-state index in [-0.39, 0.29) is 68.0 Å². The zero-order chi connectivity index (χ0) is 108. The van der Waals surface area contributed by atoms with Crippen LogP contribution in [-0.2, 0) is 126 Å². The molecule has 29 N–H and O–H groups in total. The molecule has 19 unspecified atom stereocenters. The highest BCUT2D eigenvalue weighted by Gasteiger charge is 2.44. The van der Waals surface area contributed by atoms with Gasteiger partial charge in [-0.1, -0.05) is 98.2 Å². The highest BCUT2D eigenvalue weighted by atomic mass is 16.4. The molecule has 51 heteroatoms. The summed E-state index contributed by atoms with van der Waals surface area (Å²) in [7, 11) is 0. The van der Waals surface area contributed by atoms with Gasteiger partial charge in [-0.25, -0.2) is 9.78 Å². The lowest BCUT2D eigenvalue weighted by molar-refractivity contribution is -0.146. The second kappa shape index (κ2) is 58.4. The number of H-pyrrole nitrogens is 1. The predicted molar refractivity (Wildman–Crippen MR) is 505 cm³/mol. The zero-order valence-electron chi connectivity index (χ0n) is 81.2. The van der Waals surface area contributed by atoms with E-state index in [0.717, 1.165) is 18.7 Å². The number of hydrogen-bond donors (Lipinski definition) is 28. The van der Waals surface area contributed by atoms with Gasteiger partial charge in [0.05, 0.1) is 43.8 Å². The van der Waals surface area contributed by atoms with Gasteiger partial charge in [-0.15, -0.1) is 0 Å². The van der Waals surface area contributed by atoms with Crippen LogP contribution in [0.5, 0.6) is 17.2 Å². The van der Waals surface area contributed by atoms with E-state index in [2.05, 4.69) is 79.1 Å². The number of phenolic OH excluding ortho intramolecular Hbond substituents is 3. The summed E-state index contributed by atoms with van der Waals surface area (Å²) in [5.41, 5.74) is 7.43. The van der Waals surface area contributed by atoms with Gasteiger partial charge in [-0.3, -0.25) is 95.9 Å². The number of rotatable bonds is 61. The van der Waals surface area contributed by atoms with Crippen LogP contribution in [0, 0.1) is 23.7 Å². The van der Waals surface area contributed by atoms with E-state index in [0.29, 0.717) is 16.7 Å². The third-order valence-corrected chi connectivity index (χ3v) is 23.2. The summed E-state index contributed by atoms with van der Waals surface area (Å²) in [6.07, 6.45) is -5.80. The number of nitrogens with two attached hydrogens (primary N) is 1. The lowest BCUT2D eigenvalue weighted by Gasteiger charge is -2.32. The average Bonchev–Trinajstić information content (AvgIpc) is 1.61. The Hall–Kier alpha value is -15.0. The summed E-state index contributed by atoms with van der Waals surface area (Å²) in [6.45, 7) is 12.4. The maximum Gasteiger partial charge on any atom is 0.328 e. The normalized spacial score (nSPS) is 16.1. The molecule has 1 aromatic heterocycles. The average molecular weight is 2030 g/mol. The number of imidazole rings is 1. The molecule has 16 amide bonds. The van der Waals surface area contributed by atoms with Crippen LogP contribution in [0.1, 0.15) is 169 Å². The maximum atomic E-state index is 14.9. The lowest BCUT2D eigenvalue weighted by atomic mass is 9.96. The molecule has 1 saturated heterocycles. The third-order valence-electron chi connectivity index (χ3n) is 23.2. The number of hydrogen-bond acceptors (Lipinski definition) is 29. The molecule has 0 saturated carbocycles. The molecule has 1 aliphatic rings. The fraction of sp³-hybridized carbons (Fsp3) is 0.548. The SMILES string of the molecule is CCC(C)C(NC(=O)C1CCCN1C(=O)C(CO)NC(=O)C(Cc1ccc(O)cc1)NC(=O)C(NC(=O)C(Cc1c[nH]cn1)NC(=O)C(CC(C)C)NC(=O)C(CCC(=O)O)NC(=O)C(CCC(=O)O)NC(=O)C(N)Cc1ccc(O)cc1)C(C)C)C(=O)NC(Cc1ccc(O)cc1)C(=O)NC(CO)C(=O)NC(C)C(=O)NC(CC(C)C)C(=O)NC(CCC(=O)O)C(=O)NC(CC(=O)O)C(=O)NC(C(=O)O)C(C)O. The summed E-state index contributed by atoms with van der Waals surface area (Å²) in [6, 6.07) is -12.7. The smallest absolute Gasteiger partial charge is 0.328 e. The molecular formula is C93H133N19O32. The molecule has 792 valence electrons. The predicted octanol–water partition coefficient (Wildman–Crippen LogP) is -5.28. The number of amides is 16. The molecule has 19 atom stereocenters. The second-order valence-electron chi connectivity index (χ2n) is 36.3. The minimum absolute atomic E-state index is 0.0640. The first-order valence-electron chi connectivity index (χ1n) is 46.7.